The molecule has 138 valence electrons. The molecule has 1 N–H and O–H groups in total. The number of carbonyl (C=O) groups is 2. The van der Waals surface area contributed by atoms with Crippen molar-refractivity contribution in [2.24, 2.45) is 0 Å². The van der Waals surface area contributed by atoms with E-state index in [4.69, 9.17) is 0 Å². The summed E-state index contributed by atoms with van der Waals surface area (Å²) in [6.45, 7) is 0.490. The fraction of sp³-hybridized carbons (Fsp3) is 0.467. The number of nitrogens with one attached hydrogen (secondary N) is 1. The van der Waals surface area contributed by atoms with E-state index in [0.717, 1.165) is 17.0 Å². The van der Waals surface area contributed by atoms with Crippen LogP contribution in [0.5, 0.6) is 0 Å². The monoisotopic (exact) mass is 365 g/mol. The Balaban J connectivity index is 1.79. The highest BCUT2D eigenvalue weighted by molar-refractivity contribution is 5.92. The van der Waals surface area contributed by atoms with Crippen molar-refractivity contribution >= 4 is 17.5 Å². The minimum atomic E-state index is -4.55. The number of anilines is 1. The first-order chi connectivity index (χ1) is 11.6. The molecule has 1 aromatic rings. The minimum Gasteiger partial charge on any atom is -0.340 e. The second kappa shape index (κ2) is 7.77. The molecule has 0 spiro atoms. The molecule has 0 saturated carbocycles. The lowest BCUT2D eigenvalue weighted by Gasteiger charge is -2.34. The Morgan fingerprint density at radius 1 is 1.08 bits per heavy atom. The van der Waals surface area contributed by atoms with Gasteiger partial charge in [0.2, 0.25) is 11.8 Å². The summed E-state index contributed by atoms with van der Waals surface area (Å²) in [5, 5.41) is 2.30. The standard InChI is InChI=1S/C15H16F5N3O2/c16-10-1-2-12(11(17)7-10)21-13(24)9-22-3-5-23(6-4-22)14(25)8-15(18,19)20/h1-2,7H,3-6,8-9H2,(H,21,24). The van der Waals surface area contributed by atoms with E-state index >= 15 is 0 Å². The van der Waals surface area contributed by atoms with Crippen LogP contribution in [-0.2, 0) is 9.59 Å². The predicted octanol–water partition coefficient (Wildman–Crippen LogP) is 2.00. The summed E-state index contributed by atoms with van der Waals surface area (Å²) in [5.41, 5.74) is -0.162. The maximum absolute atomic E-state index is 13.5. The van der Waals surface area contributed by atoms with Crippen LogP contribution in [0.25, 0.3) is 0 Å². The Hall–Kier alpha value is -2.23. The number of hydrogen-bond donors (Lipinski definition) is 1. The molecule has 1 aliphatic heterocycles. The Bertz CT molecular complexity index is 643. The SMILES string of the molecule is O=C(CN1CCN(C(=O)CC(F)(F)F)CC1)Nc1ccc(F)cc1F. The smallest absolute Gasteiger partial charge is 0.340 e. The van der Waals surface area contributed by atoms with Crippen LogP contribution < -0.4 is 5.32 Å². The molecule has 1 aliphatic rings. The van der Waals surface area contributed by atoms with Crippen molar-refractivity contribution in [1.29, 1.82) is 0 Å². The van der Waals surface area contributed by atoms with Crippen LogP contribution in [0.3, 0.4) is 0 Å². The summed E-state index contributed by atoms with van der Waals surface area (Å²) < 4.78 is 62.9. The first-order valence-electron chi connectivity index (χ1n) is 7.46. The van der Waals surface area contributed by atoms with E-state index in [1.165, 1.54) is 0 Å². The van der Waals surface area contributed by atoms with Gasteiger partial charge in [0.25, 0.3) is 0 Å². The van der Waals surface area contributed by atoms with Crippen LogP contribution >= 0.6 is 0 Å². The summed E-state index contributed by atoms with van der Waals surface area (Å²) in [4.78, 5) is 26.1. The van der Waals surface area contributed by atoms with Crippen molar-refractivity contribution in [2.75, 3.05) is 38.0 Å². The predicted molar refractivity (Wildman–Crippen MR) is 78.7 cm³/mol. The molecule has 2 amide bonds. The Morgan fingerprint density at radius 3 is 2.28 bits per heavy atom. The quantitative estimate of drug-likeness (QED) is 0.831. The summed E-state index contributed by atoms with van der Waals surface area (Å²) in [6, 6.07) is 2.74. The summed E-state index contributed by atoms with van der Waals surface area (Å²) in [5.74, 6) is -3.21. The third-order valence-electron chi connectivity index (χ3n) is 3.65. The Labute approximate surface area is 140 Å². The zero-order chi connectivity index (χ0) is 18.6. The first kappa shape index (κ1) is 19.1. The topological polar surface area (TPSA) is 52.7 Å². The van der Waals surface area contributed by atoms with E-state index in [2.05, 4.69) is 5.32 Å². The molecular weight excluding hydrogens is 349 g/mol. The minimum absolute atomic E-state index is 0.0765. The number of nitrogens with zero attached hydrogens (tertiary/aromatic N) is 2. The van der Waals surface area contributed by atoms with Crippen molar-refractivity contribution in [1.82, 2.24) is 9.80 Å². The second-order valence-electron chi connectivity index (χ2n) is 5.62. The van der Waals surface area contributed by atoms with Gasteiger partial charge in [0, 0.05) is 32.2 Å². The maximum atomic E-state index is 13.5. The lowest BCUT2D eigenvalue weighted by molar-refractivity contribution is -0.162. The van der Waals surface area contributed by atoms with Gasteiger partial charge in [-0.1, -0.05) is 0 Å². The molecule has 0 aliphatic carbocycles. The highest BCUT2D eigenvalue weighted by Crippen LogP contribution is 2.21. The van der Waals surface area contributed by atoms with Crippen LogP contribution in [-0.4, -0.2) is 60.5 Å². The highest BCUT2D eigenvalue weighted by atomic mass is 19.4. The van der Waals surface area contributed by atoms with Crippen molar-refractivity contribution in [3.05, 3.63) is 29.8 Å². The first-order valence-corrected chi connectivity index (χ1v) is 7.46. The van der Waals surface area contributed by atoms with Gasteiger partial charge in [0.1, 0.15) is 18.1 Å². The third-order valence-corrected chi connectivity index (χ3v) is 3.65. The number of benzene rings is 1. The summed E-state index contributed by atoms with van der Waals surface area (Å²) in [6.07, 6.45) is -6.05. The molecule has 1 saturated heterocycles. The van der Waals surface area contributed by atoms with Gasteiger partial charge in [-0.05, 0) is 12.1 Å². The molecular formula is C15H16F5N3O2. The molecule has 0 radical (unpaired) electrons. The molecule has 1 aromatic carbocycles. The van der Waals surface area contributed by atoms with Crippen LogP contribution in [0.4, 0.5) is 27.6 Å². The number of halogens is 5. The molecule has 0 aromatic heterocycles. The maximum Gasteiger partial charge on any atom is 0.397 e. The Kier molecular flexibility index (Phi) is 5.93. The van der Waals surface area contributed by atoms with Gasteiger partial charge in [0.15, 0.2) is 0 Å². The van der Waals surface area contributed by atoms with Gasteiger partial charge in [-0.3, -0.25) is 14.5 Å². The fourth-order valence-electron chi connectivity index (χ4n) is 2.42. The highest BCUT2D eigenvalue weighted by Gasteiger charge is 2.34. The largest absolute Gasteiger partial charge is 0.397 e. The van der Waals surface area contributed by atoms with Crippen LogP contribution in [0.2, 0.25) is 0 Å². The molecule has 1 heterocycles. The van der Waals surface area contributed by atoms with Crippen molar-refractivity contribution in [3.63, 3.8) is 0 Å². The van der Waals surface area contributed by atoms with E-state index in [1.807, 2.05) is 0 Å². The van der Waals surface area contributed by atoms with Gasteiger partial charge in [-0.25, -0.2) is 8.78 Å². The molecule has 5 nitrogen and oxygen atoms in total. The van der Waals surface area contributed by atoms with Gasteiger partial charge >= 0.3 is 6.18 Å². The van der Waals surface area contributed by atoms with E-state index in [-0.39, 0.29) is 38.4 Å². The number of amides is 2. The zero-order valence-electron chi connectivity index (χ0n) is 13.1. The molecule has 10 heteroatoms. The zero-order valence-corrected chi connectivity index (χ0v) is 13.1. The number of hydrogen-bond acceptors (Lipinski definition) is 3. The van der Waals surface area contributed by atoms with Gasteiger partial charge in [0.05, 0.1) is 12.2 Å². The van der Waals surface area contributed by atoms with Crippen LogP contribution in [0.15, 0.2) is 18.2 Å². The van der Waals surface area contributed by atoms with Crippen molar-refractivity contribution in [3.8, 4) is 0 Å². The lowest BCUT2D eigenvalue weighted by Crippen LogP contribution is -2.51. The van der Waals surface area contributed by atoms with Gasteiger partial charge in [-0.2, -0.15) is 13.2 Å². The normalized spacial score (nSPS) is 16.0. The molecule has 0 bridgehead atoms. The lowest BCUT2D eigenvalue weighted by atomic mass is 10.2. The number of alkyl halides is 3. The number of piperazine rings is 1. The van der Waals surface area contributed by atoms with Crippen LogP contribution in [0, 0.1) is 11.6 Å². The van der Waals surface area contributed by atoms with Crippen molar-refractivity contribution < 1.29 is 31.5 Å². The average molecular weight is 365 g/mol. The fourth-order valence-corrected chi connectivity index (χ4v) is 2.42. The summed E-state index contributed by atoms with van der Waals surface area (Å²) in [7, 11) is 0. The summed E-state index contributed by atoms with van der Waals surface area (Å²) >= 11 is 0. The Morgan fingerprint density at radius 2 is 1.72 bits per heavy atom. The van der Waals surface area contributed by atoms with Gasteiger partial charge in [-0.15, -0.1) is 0 Å². The molecule has 1 fully saturated rings. The number of carbonyl (C=O) groups excluding carboxylic acids is 2. The van der Waals surface area contributed by atoms with Gasteiger partial charge < -0.3 is 10.2 Å². The molecule has 25 heavy (non-hydrogen) atoms. The molecule has 0 unspecified atom stereocenters. The van der Waals surface area contributed by atoms with Crippen LogP contribution in [0.1, 0.15) is 6.42 Å². The molecule has 2 rings (SSSR count). The van der Waals surface area contributed by atoms with E-state index < -0.39 is 36.0 Å². The average Bonchev–Trinajstić information content (AvgIpc) is 2.49. The van der Waals surface area contributed by atoms with Crippen molar-refractivity contribution in [2.45, 2.75) is 12.6 Å². The third kappa shape index (κ3) is 5.96. The second-order valence-corrected chi connectivity index (χ2v) is 5.62. The van der Waals surface area contributed by atoms with E-state index in [0.29, 0.717) is 6.07 Å². The number of rotatable bonds is 4. The van der Waals surface area contributed by atoms with E-state index in [9.17, 15) is 31.5 Å². The molecule has 0 atom stereocenters. The van der Waals surface area contributed by atoms with E-state index in [1.54, 1.807) is 4.90 Å².